The summed E-state index contributed by atoms with van der Waals surface area (Å²) < 4.78 is 50.3. The van der Waals surface area contributed by atoms with E-state index in [-0.39, 0.29) is 28.2 Å². The van der Waals surface area contributed by atoms with Gasteiger partial charge in [0.25, 0.3) is 11.7 Å². The maximum absolute atomic E-state index is 14.6. The van der Waals surface area contributed by atoms with Crippen molar-refractivity contribution in [3.8, 4) is 11.3 Å². The summed E-state index contributed by atoms with van der Waals surface area (Å²) in [5, 5.41) is 0.710. The van der Waals surface area contributed by atoms with Gasteiger partial charge >= 0.3 is 6.18 Å². The van der Waals surface area contributed by atoms with Crippen molar-refractivity contribution >= 4 is 39.9 Å². The molecule has 0 aliphatic rings. The predicted molar refractivity (Wildman–Crippen MR) is 130 cm³/mol. The van der Waals surface area contributed by atoms with E-state index in [1.807, 2.05) is 0 Å². The molecule has 5 nitrogen and oxygen atoms in total. The molecule has 0 aliphatic heterocycles. The molecule has 2 aromatic carbocycles. The number of rotatable bonds is 5. The molecule has 0 saturated heterocycles. The summed E-state index contributed by atoms with van der Waals surface area (Å²) in [6.07, 6.45) is -0.516. The number of ketones is 1. The Labute approximate surface area is 213 Å². The number of halogens is 5. The Hall–Kier alpha value is -3.62. The van der Waals surface area contributed by atoms with Gasteiger partial charge in [-0.1, -0.05) is 40.9 Å². The SMILES string of the molecule is Cc1ccc2c(c1)c(C(=O)c1ncc(-c3cccnc3)o1)c(C(F)(F)F)n2Cc1ccc(Cl)cc1Cl. The Morgan fingerprint density at radius 1 is 1.08 bits per heavy atom. The van der Waals surface area contributed by atoms with Crippen molar-refractivity contribution in [2.75, 3.05) is 0 Å². The van der Waals surface area contributed by atoms with Crippen LogP contribution < -0.4 is 0 Å². The highest BCUT2D eigenvalue weighted by Gasteiger charge is 2.42. The van der Waals surface area contributed by atoms with Crippen LogP contribution in [-0.4, -0.2) is 20.3 Å². The second kappa shape index (κ2) is 9.11. The van der Waals surface area contributed by atoms with Gasteiger partial charge in [-0.2, -0.15) is 13.2 Å². The fraction of sp³-hybridized carbons (Fsp3) is 0.115. The zero-order chi connectivity index (χ0) is 25.6. The molecule has 0 spiro atoms. The summed E-state index contributed by atoms with van der Waals surface area (Å²) in [5.41, 5.74) is 0.219. The van der Waals surface area contributed by atoms with Crippen LogP contribution in [0.2, 0.25) is 10.0 Å². The highest BCUT2D eigenvalue weighted by atomic mass is 35.5. The number of benzene rings is 2. The van der Waals surface area contributed by atoms with E-state index >= 15 is 0 Å². The first kappa shape index (κ1) is 24.1. The molecule has 0 atom stereocenters. The first-order chi connectivity index (χ1) is 17.1. The average Bonchev–Trinajstić information content (AvgIpc) is 3.44. The van der Waals surface area contributed by atoms with Gasteiger partial charge in [-0.25, -0.2) is 4.98 Å². The summed E-state index contributed by atoms with van der Waals surface area (Å²) in [6.45, 7) is 1.50. The quantitative estimate of drug-likeness (QED) is 0.220. The zero-order valence-corrected chi connectivity index (χ0v) is 20.1. The van der Waals surface area contributed by atoms with Gasteiger partial charge in [0, 0.05) is 45.5 Å². The molecular formula is C26H16Cl2F3N3O2. The third kappa shape index (κ3) is 4.38. The minimum atomic E-state index is -4.87. The molecule has 0 unspecified atom stereocenters. The van der Waals surface area contributed by atoms with Gasteiger partial charge in [0.2, 0.25) is 0 Å². The molecule has 182 valence electrons. The first-order valence-corrected chi connectivity index (χ1v) is 11.4. The fourth-order valence-corrected chi connectivity index (χ4v) is 4.57. The van der Waals surface area contributed by atoms with E-state index in [2.05, 4.69) is 9.97 Å². The lowest BCUT2D eigenvalue weighted by molar-refractivity contribution is -0.143. The number of carbonyl (C=O) groups is 1. The monoisotopic (exact) mass is 529 g/mol. The van der Waals surface area contributed by atoms with Crippen LogP contribution >= 0.6 is 23.2 Å². The predicted octanol–water partition coefficient (Wildman–Crippen LogP) is 7.60. The van der Waals surface area contributed by atoms with Gasteiger partial charge in [-0.05, 0) is 48.9 Å². The molecule has 0 amide bonds. The van der Waals surface area contributed by atoms with E-state index in [0.29, 0.717) is 21.7 Å². The lowest BCUT2D eigenvalue weighted by Crippen LogP contribution is -2.19. The lowest BCUT2D eigenvalue weighted by Gasteiger charge is -2.15. The third-order valence-electron chi connectivity index (χ3n) is 5.70. The van der Waals surface area contributed by atoms with Crippen molar-refractivity contribution in [2.45, 2.75) is 19.6 Å². The molecule has 0 aliphatic carbocycles. The van der Waals surface area contributed by atoms with Crippen molar-refractivity contribution in [3.63, 3.8) is 0 Å². The molecule has 0 fully saturated rings. The molecule has 0 saturated carbocycles. The summed E-state index contributed by atoms with van der Waals surface area (Å²) in [6, 6.07) is 12.7. The Kier molecular flexibility index (Phi) is 6.10. The Bertz CT molecular complexity index is 1610. The summed E-state index contributed by atoms with van der Waals surface area (Å²) in [5.74, 6) is -1.22. The fourth-order valence-electron chi connectivity index (χ4n) is 4.11. The molecule has 0 bridgehead atoms. The van der Waals surface area contributed by atoms with Crippen molar-refractivity contribution in [2.24, 2.45) is 0 Å². The maximum atomic E-state index is 14.6. The number of oxazole rings is 1. The van der Waals surface area contributed by atoms with Gasteiger partial charge in [0.1, 0.15) is 5.69 Å². The van der Waals surface area contributed by atoms with E-state index in [4.69, 9.17) is 27.6 Å². The molecule has 0 radical (unpaired) electrons. The van der Waals surface area contributed by atoms with E-state index in [0.717, 1.165) is 4.57 Å². The number of carbonyl (C=O) groups excluding carboxylic acids is 1. The highest BCUT2D eigenvalue weighted by molar-refractivity contribution is 6.35. The van der Waals surface area contributed by atoms with Crippen molar-refractivity contribution < 1.29 is 22.4 Å². The van der Waals surface area contributed by atoms with Gasteiger partial charge in [0.05, 0.1) is 11.8 Å². The maximum Gasteiger partial charge on any atom is 0.432 e. The van der Waals surface area contributed by atoms with Gasteiger partial charge in [0.15, 0.2) is 5.76 Å². The minimum absolute atomic E-state index is 0.138. The Morgan fingerprint density at radius 2 is 1.89 bits per heavy atom. The number of hydrogen-bond acceptors (Lipinski definition) is 4. The van der Waals surface area contributed by atoms with E-state index in [1.54, 1.807) is 55.6 Å². The molecule has 3 aromatic heterocycles. The smallest absolute Gasteiger partial charge is 0.432 e. The largest absolute Gasteiger partial charge is 0.433 e. The van der Waals surface area contributed by atoms with Crippen LogP contribution in [0.1, 0.15) is 33.1 Å². The number of hydrogen-bond donors (Lipinski definition) is 0. The molecule has 0 N–H and O–H groups in total. The third-order valence-corrected chi connectivity index (χ3v) is 6.29. The molecular weight excluding hydrogens is 514 g/mol. The number of alkyl halides is 3. The molecule has 5 aromatic rings. The van der Waals surface area contributed by atoms with Crippen molar-refractivity contribution in [1.29, 1.82) is 0 Å². The Morgan fingerprint density at radius 3 is 2.58 bits per heavy atom. The van der Waals surface area contributed by atoms with Gasteiger partial charge in [-0.15, -0.1) is 0 Å². The van der Waals surface area contributed by atoms with Crippen LogP contribution in [0.5, 0.6) is 0 Å². The number of pyridine rings is 1. The van der Waals surface area contributed by atoms with Crippen LogP contribution in [0.4, 0.5) is 13.2 Å². The Balaban J connectivity index is 1.71. The van der Waals surface area contributed by atoms with Crippen LogP contribution in [0.15, 0.2) is 71.5 Å². The van der Waals surface area contributed by atoms with E-state index in [9.17, 15) is 18.0 Å². The number of fused-ring (bicyclic) bond motifs is 1. The molecule has 10 heteroatoms. The standard InChI is InChI=1S/C26H16Cl2F3N3O2/c1-14-4-7-20-18(9-14)22(23(35)25-33-12-21(36-25)15-3-2-8-32-11-15)24(26(29,30)31)34(20)13-16-5-6-17(27)10-19(16)28/h2-12H,13H2,1H3. The normalized spacial score (nSPS) is 11.8. The van der Waals surface area contributed by atoms with Gasteiger partial charge in [-0.3, -0.25) is 9.78 Å². The van der Waals surface area contributed by atoms with Crippen molar-refractivity contribution in [3.05, 3.63) is 105 Å². The first-order valence-electron chi connectivity index (χ1n) is 10.7. The number of aromatic nitrogens is 3. The second-order valence-corrected chi connectivity index (χ2v) is 9.01. The van der Waals surface area contributed by atoms with E-state index < -0.39 is 29.1 Å². The molecule has 3 heterocycles. The number of nitrogens with zero attached hydrogens (tertiary/aromatic N) is 3. The molecule has 5 rings (SSSR count). The molecule has 36 heavy (non-hydrogen) atoms. The van der Waals surface area contributed by atoms with Gasteiger partial charge < -0.3 is 8.98 Å². The van der Waals surface area contributed by atoms with Crippen LogP contribution in [0, 0.1) is 6.92 Å². The zero-order valence-electron chi connectivity index (χ0n) is 18.6. The summed E-state index contributed by atoms with van der Waals surface area (Å²) in [7, 11) is 0. The van der Waals surface area contributed by atoms with Crippen LogP contribution in [-0.2, 0) is 12.7 Å². The summed E-state index contributed by atoms with van der Waals surface area (Å²) in [4.78, 5) is 21.5. The van der Waals surface area contributed by atoms with Crippen LogP contribution in [0.3, 0.4) is 0 Å². The van der Waals surface area contributed by atoms with E-state index in [1.165, 1.54) is 18.5 Å². The topological polar surface area (TPSA) is 60.9 Å². The van der Waals surface area contributed by atoms with Crippen molar-refractivity contribution in [1.82, 2.24) is 14.5 Å². The average molecular weight is 530 g/mol. The van der Waals surface area contributed by atoms with Crippen LogP contribution in [0.25, 0.3) is 22.2 Å². The number of aryl methyl sites for hydroxylation is 1. The highest BCUT2D eigenvalue weighted by Crippen LogP contribution is 2.40. The second-order valence-electron chi connectivity index (χ2n) is 8.16. The summed E-state index contributed by atoms with van der Waals surface area (Å²) >= 11 is 12.2. The minimum Gasteiger partial charge on any atom is -0.433 e. The lowest BCUT2D eigenvalue weighted by atomic mass is 10.0.